The molecule has 0 aromatic heterocycles. The van der Waals surface area contributed by atoms with Crippen molar-refractivity contribution < 1.29 is 23.5 Å². The summed E-state index contributed by atoms with van der Waals surface area (Å²) in [5.41, 5.74) is 5.79. The van der Waals surface area contributed by atoms with E-state index < -0.39 is 36.4 Å². The fourth-order valence-electron chi connectivity index (χ4n) is 2.32. The normalized spacial score (nSPS) is 11.4. The highest BCUT2D eigenvalue weighted by molar-refractivity contribution is 6.33. The zero-order valence-corrected chi connectivity index (χ0v) is 15.9. The third-order valence-corrected chi connectivity index (χ3v) is 4.19. The number of carbonyl (C=O) groups is 3. The smallest absolute Gasteiger partial charge is 0.312 e. The van der Waals surface area contributed by atoms with Crippen LogP contribution in [0.3, 0.4) is 0 Å². The van der Waals surface area contributed by atoms with E-state index in [2.05, 4.69) is 10.6 Å². The van der Waals surface area contributed by atoms with E-state index >= 15 is 0 Å². The van der Waals surface area contributed by atoms with Gasteiger partial charge in [0.1, 0.15) is 5.82 Å². The monoisotopic (exact) mass is 427 g/mol. The Bertz CT molecular complexity index is 895. The van der Waals surface area contributed by atoms with Crippen LogP contribution in [0.1, 0.15) is 18.0 Å². The molecule has 0 saturated carbocycles. The second kappa shape index (κ2) is 9.91. The Labute approximate surface area is 169 Å². The van der Waals surface area contributed by atoms with Gasteiger partial charge in [-0.15, -0.1) is 0 Å². The molecule has 0 unspecified atom stereocenters. The van der Waals surface area contributed by atoms with Gasteiger partial charge in [-0.3, -0.25) is 9.59 Å². The quantitative estimate of drug-likeness (QED) is 0.587. The fraction of sp³-hybridized carbons (Fsp3) is 0.167. The first-order valence-corrected chi connectivity index (χ1v) is 8.72. The highest BCUT2D eigenvalue weighted by Gasteiger charge is 2.21. The molecule has 2 aromatic carbocycles. The van der Waals surface area contributed by atoms with Gasteiger partial charge in [0.2, 0.25) is 0 Å². The molecule has 28 heavy (non-hydrogen) atoms. The molecule has 0 aliphatic heterocycles. The Morgan fingerprint density at radius 2 is 1.82 bits per heavy atom. The van der Waals surface area contributed by atoms with Crippen LogP contribution in [0.15, 0.2) is 42.5 Å². The van der Waals surface area contributed by atoms with Gasteiger partial charge >= 0.3 is 12.0 Å². The lowest BCUT2D eigenvalue weighted by Crippen LogP contribution is -2.35. The number of hydrogen-bond acceptors (Lipinski definition) is 4. The number of nitrogens with two attached hydrogens (primary N) is 1. The Hall–Kier alpha value is -2.84. The van der Waals surface area contributed by atoms with Gasteiger partial charge in [0, 0.05) is 5.02 Å². The third-order valence-electron chi connectivity index (χ3n) is 3.54. The largest absolute Gasteiger partial charge is 0.455 e. The van der Waals surface area contributed by atoms with Gasteiger partial charge in [-0.25, -0.2) is 9.18 Å². The minimum atomic E-state index is -0.846. The number of primary amides is 1. The van der Waals surface area contributed by atoms with Crippen LogP contribution in [0.5, 0.6) is 0 Å². The average molecular weight is 428 g/mol. The standard InChI is InChI=1S/C18H16Cl2FN3O4/c19-12-4-2-1-3-11(12)15(24-18(22)27)8-17(26)28-9-16(25)23-14-6-5-10(21)7-13(14)20/h1-7,15H,8-9H2,(H,23,25)(H3,22,24,27)/t15-/m0/s1. The zero-order valence-electron chi connectivity index (χ0n) is 14.4. The minimum absolute atomic E-state index is 0.00381. The summed E-state index contributed by atoms with van der Waals surface area (Å²) in [4.78, 5) is 35.2. The van der Waals surface area contributed by atoms with Gasteiger partial charge < -0.3 is 21.1 Å². The predicted molar refractivity (Wildman–Crippen MR) is 103 cm³/mol. The van der Waals surface area contributed by atoms with E-state index in [1.807, 2.05) is 0 Å². The maximum absolute atomic E-state index is 13.0. The molecule has 0 radical (unpaired) electrons. The Morgan fingerprint density at radius 1 is 1.11 bits per heavy atom. The number of hydrogen-bond donors (Lipinski definition) is 3. The van der Waals surface area contributed by atoms with Gasteiger partial charge in [-0.05, 0) is 29.8 Å². The lowest BCUT2D eigenvalue weighted by atomic mass is 10.0. The van der Waals surface area contributed by atoms with E-state index in [1.54, 1.807) is 24.3 Å². The highest BCUT2D eigenvalue weighted by atomic mass is 35.5. The molecule has 3 amide bonds. The third kappa shape index (κ3) is 6.40. The van der Waals surface area contributed by atoms with Crippen LogP contribution in [0.25, 0.3) is 0 Å². The number of nitrogens with one attached hydrogen (secondary N) is 2. The molecule has 148 valence electrons. The first-order chi connectivity index (χ1) is 13.3. The molecule has 0 aliphatic carbocycles. The molecular formula is C18H16Cl2FN3O4. The number of carbonyl (C=O) groups excluding carboxylic acids is 3. The molecule has 0 aliphatic rings. The Balaban J connectivity index is 1.94. The van der Waals surface area contributed by atoms with E-state index in [9.17, 15) is 18.8 Å². The molecule has 2 aromatic rings. The van der Waals surface area contributed by atoms with Crippen molar-refractivity contribution in [3.63, 3.8) is 0 Å². The summed E-state index contributed by atoms with van der Waals surface area (Å²) in [7, 11) is 0. The average Bonchev–Trinajstić information content (AvgIpc) is 2.62. The number of halogens is 3. The van der Waals surface area contributed by atoms with Crippen molar-refractivity contribution in [1.82, 2.24) is 5.32 Å². The molecule has 2 rings (SSSR count). The fourth-order valence-corrected chi connectivity index (χ4v) is 2.80. The second-order valence-electron chi connectivity index (χ2n) is 5.62. The summed E-state index contributed by atoms with van der Waals surface area (Å²) in [5, 5.41) is 5.14. The van der Waals surface area contributed by atoms with E-state index in [1.165, 1.54) is 6.07 Å². The summed E-state index contributed by atoms with van der Waals surface area (Å²) in [6.07, 6.45) is -0.294. The summed E-state index contributed by atoms with van der Waals surface area (Å²) >= 11 is 11.9. The number of ether oxygens (including phenoxy) is 1. The van der Waals surface area contributed by atoms with Crippen LogP contribution in [0, 0.1) is 5.82 Å². The molecule has 0 fully saturated rings. The van der Waals surface area contributed by atoms with Gasteiger partial charge in [0.05, 0.1) is 23.2 Å². The van der Waals surface area contributed by atoms with Crippen molar-refractivity contribution in [2.75, 3.05) is 11.9 Å². The maximum Gasteiger partial charge on any atom is 0.312 e. The zero-order chi connectivity index (χ0) is 20.7. The van der Waals surface area contributed by atoms with E-state index in [4.69, 9.17) is 33.7 Å². The van der Waals surface area contributed by atoms with Gasteiger partial charge in [0.15, 0.2) is 6.61 Å². The summed E-state index contributed by atoms with van der Waals surface area (Å²) in [6, 6.07) is 8.36. The second-order valence-corrected chi connectivity index (χ2v) is 6.43. The van der Waals surface area contributed by atoms with Crippen molar-refractivity contribution in [2.24, 2.45) is 5.73 Å². The molecule has 4 N–H and O–H groups in total. The van der Waals surface area contributed by atoms with Crippen molar-refractivity contribution in [3.05, 3.63) is 63.9 Å². The van der Waals surface area contributed by atoms with E-state index in [0.717, 1.165) is 12.1 Å². The molecular weight excluding hydrogens is 412 g/mol. The predicted octanol–water partition coefficient (Wildman–Crippen LogP) is 3.41. The van der Waals surface area contributed by atoms with Crippen molar-refractivity contribution >= 4 is 46.8 Å². The number of urea groups is 1. The van der Waals surface area contributed by atoms with Crippen LogP contribution in [-0.2, 0) is 14.3 Å². The molecule has 0 heterocycles. The van der Waals surface area contributed by atoms with Crippen LogP contribution >= 0.6 is 23.2 Å². The van der Waals surface area contributed by atoms with Crippen LogP contribution in [0.2, 0.25) is 10.0 Å². The van der Waals surface area contributed by atoms with Crippen LogP contribution < -0.4 is 16.4 Å². The first kappa shape index (κ1) is 21.5. The van der Waals surface area contributed by atoms with Crippen molar-refractivity contribution in [1.29, 1.82) is 0 Å². The van der Waals surface area contributed by atoms with Crippen molar-refractivity contribution in [2.45, 2.75) is 12.5 Å². The van der Waals surface area contributed by atoms with E-state index in [-0.39, 0.29) is 17.1 Å². The number of esters is 1. The lowest BCUT2D eigenvalue weighted by molar-refractivity contribution is -0.147. The number of amides is 3. The van der Waals surface area contributed by atoms with Gasteiger partial charge in [0.25, 0.3) is 5.91 Å². The number of rotatable bonds is 7. The molecule has 0 spiro atoms. The SMILES string of the molecule is NC(=O)N[C@@H](CC(=O)OCC(=O)Nc1ccc(F)cc1Cl)c1ccccc1Cl. The molecule has 7 nitrogen and oxygen atoms in total. The van der Waals surface area contributed by atoms with Crippen molar-refractivity contribution in [3.8, 4) is 0 Å². The van der Waals surface area contributed by atoms with Crippen LogP contribution in [-0.4, -0.2) is 24.5 Å². The Morgan fingerprint density at radius 3 is 2.46 bits per heavy atom. The Kier molecular flexibility index (Phi) is 7.60. The summed E-state index contributed by atoms with van der Waals surface area (Å²) < 4.78 is 17.9. The highest BCUT2D eigenvalue weighted by Crippen LogP contribution is 2.25. The summed E-state index contributed by atoms with van der Waals surface area (Å²) in [5.74, 6) is -1.99. The molecule has 0 saturated heterocycles. The minimum Gasteiger partial charge on any atom is -0.455 e. The molecule has 1 atom stereocenters. The van der Waals surface area contributed by atoms with Crippen LogP contribution in [0.4, 0.5) is 14.9 Å². The van der Waals surface area contributed by atoms with E-state index in [0.29, 0.717) is 10.6 Å². The van der Waals surface area contributed by atoms with Gasteiger partial charge in [-0.1, -0.05) is 41.4 Å². The topological polar surface area (TPSA) is 111 Å². The van der Waals surface area contributed by atoms with Gasteiger partial charge in [-0.2, -0.15) is 0 Å². The molecule has 10 heteroatoms. The number of benzene rings is 2. The lowest BCUT2D eigenvalue weighted by Gasteiger charge is -2.18. The summed E-state index contributed by atoms with van der Waals surface area (Å²) in [6.45, 7) is -0.599. The molecule has 0 bridgehead atoms. The maximum atomic E-state index is 13.0. The number of anilines is 1. The first-order valence-electron chi connectivity index (χ1n) is 7.97.